The van der Waals surface area contributed by atoms with Gasteiger partial charge in [0.2, 0.25) is 0 Å². The number of aromatic nitrogens is 1. The molecule has 0 aromatic carbocycles. The van der Waals surface area contributed by atoms with Gasteiger partial charge in [0.15, 0.2) is 6.10 Å². The van der Waals surface area contributed by atoms with Gasteiger partial charge in [0, 0.05) is 11.3 Å². The van der Waals surface area contributed by atoms with Gasteiger partial charge in [0.25, 0.3) is 5.91 Å². The van der Waals surface area contributed by atoms with Gasteiger partial charge in [-0.3, -0.25) is 4.79 Å². The highest BCUT2D eigenvalue weighted by molar-refractivity contribution is 6.29. The Bertz CT molecular complexity index is 464. The molecule has 1 rings (SSSR count). The third-order valence-corrected chi connectivity index (χ3v) is 2.41. The van der Waals surface area contributed by atoms with Crippen molar-refractivity contribution >= 4 is 23.5 Å². The van der Waals surface area contributed by atoms with Crippen molar-refractivity contribution in [2.75, 3.05) is 6.54 Å². The Morgan fingerprint density at radius 2 is 2.17 bits per heavy atom. The molecule has 1 atom stereocenters. The lowest BCUT2D eigenvalue weighted by Gasteiger charge is -2.08. The number of aryl methyl sites for hydroxylation is 1. The van der Waals surface area contributed by atoms with Gasteiger partial charge in [0.05, 0.1) is 6.54 Å². The summed E-state index contributed by atoms with van der Waals surface area (Å²) < 4.78 is 0. The number of carbonyl (C=O) groups excluding carboxylic acids is 1. The van der Waals surface area contributed by atoms with Crippen LogP contribution in [-0.2, 0) is 11.2 Å². The van der Waals surface area contributed by atoms with Gasteiger partial charge in [-0.1, -0.05) is 18.5 Å². The van der Waals surface area contributed by atoms with Crippen LogP contribution in [0, 0.1) is 0 Å². The normalized spacial score (nSPS) is 11.9. The summed E-state index contributed by atoms with van der Waals surface area (Å²) in [6.07, 6.45) is -1.00. The number of carbonyl (C=O) groups is 2. The minimum Gasteiger partial charge on any atom is -0.479 e. The van der Waals surface area contributed by atoms with Gasteiger partial charge >= 0.3 is 5.97 Å². The molecule has 0 aliphatic carbocycles. The molecule has 1 amide bonds. The highest BCUT2D eigenvalue weighted by Crippen LogP contribution is 2.11. The molecule has 18 heavy (non-hydrogen) atoms. The zero-order valence-corrected chi connectivity index (χ0v) is 10.4. The van der Waals surface area contributed by atoms with Gasteiger partial charge in [-0.15, -0.1) is 0 Å². The number of amides is 1. The first-order chi connectivity index (χ1) is 8.43. The van der Waals surface area contributed by atoms with Crippen molar-refractivity contribution in [3.63, 3.8) is 0 Å². The summed E-state index contributed by atoms with van der Waals surface area (Å²) in [7, 11) is 0. The van der Waals surface area contributed by atoms with Crippen LogP contribution in [-0.4, -0.2) is 39.7 Å². The SMILES string of the molecule is CCc1cc(C(=O)NCC(O)C(=O)O)cc(Cl)n1. The molecule has 3 N–H and O–H groups in total. The van der Waals surface area contributed by atoms with Crippen LogP contribution in [0.5, 0.6) is 0 Å². The van der Waals surface area contributed by atoms with Gasteiger partial charge in [-0.25, -0.2) is 9.78 Å². The Morgan fingerprint density at radius 3 is 2.72 bits per heavy atom. The van der Waals surface area contributed by atoms with Gasteiger partial charge in [-0.2, -0.15) is 0 Å². The van der Waals surface area contributed by atoms with Crippen LogP contribution < -0.4 is 5.32 Å². The van der Waals surface area contributed by atoms with Crippen molar-refractivity contribution in [1.29, 1.82) is 0 Å². The van der Waals surface area contributed by atoms with E-state index in [1.807, 2.05) is 6.92 Å². The summed E-state index contributed by atoms with van der Waals surface area (Å²) in [6, 6.07) is 2.94. The Labute approximate surface area is 109 Å². The molecule has 0 aliphatic heterocycles. The van der Waals surface area contributed by atoms with Gasteiger partial charge < -0.3 is 15.5 Å². The van der Waals surface area contributed by atoms with Gasteiger partial charge in [0.1, 0.15) is 5.15 Å². The predicted octanol–water partition coefficient (Wildman–Crippen LogP) is 0.473. The third-order valence-electron chi connectivity index (χ3n) is 2.21. The number of aliphatic carboxylic acids is 1. The molecule has 0 spiro atoms. The van der Waals surface area contributed by atoms with Crippen molar-refractivity contribution in [3.05, 3.63) is 28.5 Å². The Hall–Kier alpha value is -1.66. The summed E-state index contributed by atoms with van der Waals surface area (Å²) in [5.74, 6) is -1.90. The first-order valence-electron chi connectivity index (χ1n) is 5.29. The van der Waals surface area contributed by atoms with E-state index in [1.54, 1.807) is 6.07 Å². The van der Waals surface area contributed by atoms with E-state index < -0.39 is 18.0 Å². The Kier molecular flexibility index (Phi) is 5.06. The molecule has 1 aromatic heterocycles. The van der Waals surface area contributed by atoms with Crippen molar-refractivity contribution in [3.8, 4) is 0 Å². The van der Waals surface area contributed by atoms with Crippen molar-refractivity contribution < 1.29 is 19.8 Å². The van der Waals surface area contributed by atoms with Crippen LogP contribution in [0.2, 0.25) is 5.15 Å². The van der Waals surface area contributed by atoms with Gasteiger partial charge in [-0.05, 0) is 18.6 Å². The van der Waals surface area contributed by atoms with Crippen molar-refractivity contribution in [1.82, 2.24) is 10.3 Å². The van der Waals surface area contributed by atoms with E-state index in [0.717, 1.165) is 0 Å². The summed E-state index contributed by atoms with van der Waals surface area (Å²) in [6.45, 7) is 1.50. The number of aliphatic hydroxyl groups is 1. The number of halogens is 1. The Morgan fingerprint density at radius 1 is 1.50 bits per heavy atom. The average Bonchev–Trinajstić information content (AvgIpc) is 2.34. The van der Waals surface area contributed by atoms with E-state index in [4.69, 9.17) is 21.8 Å². The molecular weight excluding hydrogens is 260 g/mol. The number of rotatable bonds is 5. The van der Waals surface area contributed by atoms with Crippen LogP contribution in [0.25, 0.3) is 0 Å². The van der Waals surface area contributed by atoms with Crippen molar-refractivity contribution in [2.24, 2.45) is 0 Å². The number of pyridine rings is 1. The standard InChI is InChI=1S/C11H13ClN2O4/c1-2-7-3-6(4-9(12)14-7)10(16)13-5-8(15)11(17)18/h3-4,8,15H,2,5H2,1H3,(H,13,16)(H,17,18). The fourth-order valence-electron chi connectivity index (χ4n) is 1.24. The van der Waals surface area contributed by atoms with E-state index in [0.29, 0.717) is 12.1 Å². The highest BCUT2D eigenvalue weighted by Gasteiger charge is 2.15. The maximum atomic E-state index is 11.7. The fourth-order valence-corrected chi connectivity index (χ4v) is 1.47. The Balaban J connectivity index is 2.72. The number of nitrogens with one attached hydrogen (secondary N) is 1. The predicted molar refractivity (Wildman–Crippen MR) is 64.6 cm³/mol. The molecule has 1 aromatic rings. The molecule has 1 unspecified atom stereocenters. The first kappa shape index (κ1) is 14.4. The highest BCUT2D eigenvalue weighted by atomic mass is 35.5. The van der Waals surface area contributed by atoms with Crippen LogP contribution in [0.3, 0.4) is 0 Å². The molecule has 1 heterocycles. The molecule has 0 bridgehead atoms. The smallest absolute Gasteiger partial charge is 0.334 e. The quantitative estimate of drug-likeness (QED) is 0.677. The van der Waals surface area contributed by atoms with E-state index in [9.17, 15) is 9.59 Å². The number of aliphatic hydroxyl groups excluding tert-OH is 1. The van der Waals surface area contributed by atoms with Crippen LogP contribution >= 0.6 is 11.6 Å². The second kappa shape index (κ2) is 6.32. The third kappa shape index (κ3) is 3.97. The minimum atomic E-state index is -1.63. The zero-order chi connectivity index (χ0) is 13.7. The van der Waals surface area contributed by atoms with E-state index >= 15 is 0 Å². The van der Waals surface area contributed by atoms with Crippen LogP contribution in [0.15, 0.2) is 12.1 Å². The van der Waals surface area contributed by atoms with Crippen molar-refractivity contribution in [2.45, 2.75) is 19.4 Å². The molecule has 0 fully saturated rings. The maximum absolute atomic E-state index is 11.7. The molecule has 0 radical (unpaired) electrons. The lowest BCUT2D eigenvalue weighted by atomic mass is 10.2. The van der Waals surface area contributed by atoms with E-state index in [1.165, 1.54) is 6.07 Å². The second-order valence-electron chi connectivity index (χ2n) is 3.59. The topological polar surface area (TPSA) is 99.5 Å². The number of carboxylic acids is 1. The molecule has 0 saturated carbocycles. The lowest BCUT2D eigenvalue weighted by Crippen LogP contribution is -2.36. The van der Waals surface area contributed by atoms with Crippen LogP contribution in [0.4, 0.5) is 0 Å². The molecule has 7 heteroatoms. The molecule has 0 saturated heterocycles. The number of nitrogens with zero attached hydrogens (tertiary/aromatic N) is 1. The molecule has 6 nitrogen and oxygen atoms in total. The largest absolute Gasteiger partial charge is 0.479 e. The summed E-state index contributed by atoms with van der Waals surface area (Å²) >= 11 is 5.75. The second-order valence-corrected chi connectivity index (χ2v) is 3.97. The number of hydrogen-bond donors (Lipinski definition) is 3. The average molecular weight is 273 g/mol. The fraction of sp³-hybridized carbons (Fsp3) is 0.364. The summed E-state index contributed by atoms with van der Waals surface area (Å²) in [5, 5.41) is 20.0. The maximum Gasteiger partial charge on any atom is 0.334 e. The zero-order valence-electron chi connectivity index (χ0n) is 9.68. The van der Waals surface area contributed by atoms with E-state index in [-0.39, 0.29) is 17.3 Å². The summed E-state index contributed by atoms with van der Waals surface area (Å²) in [4.78, 5) is 26.1. The minimum absolute atomic E-state index is 0.193. The molecular formula is C11H13ClN2O4. The van der Waals surface area contributed by atoms with E-state index in [2.05, 4.69) is 10.3 Å². The summed E-state index contributed by atoms with van der Waals surface area (Å²) in [5.41, 5.74) is 0.941. The molecule has 0 aliphatic rings. The lowest BCUT2D eigenvalue weighted by molar-refractivity contribution is -0.146. The monoisotopic (exact) mass is 272 g/mol. The number of hydrogen-bond acceptors (Lipinski definition) is 4. The van der Waals surface area contributed by atoms with Crippen LogP contribution in [0.1, 0.15) is 23.0 Å². The first-order valence-corrected chi connectivity index (χ1v) is 5.67. The molecule has 98 valence electrons. The number of carboxylic acid groups (broad SMARTS) is 1.